The van der Waals surface area contributed by atoms with Crippen molar-refractivity contribution in [1.82, 2.24) is 9.97 Å². The SMILES string of the molecule is CCc1nc(Cl)ncc1CO. The minimum Gasteiger partial charge on any atom is -0.392 e. The van der Waals surface area contributed by atoms with Gasteiger partial charge in [0.15, 0.2) is 0 Å². The van der Waals surface area contributed by atoms with E-state index in [4.69, 9.17) is 16.7 Å². The highest BCUT2D eigenvalue weighted by molar-refractivity contribution is 6.28. The number of aliphatic hydroxyl groups excluding tert-OH is 1. The minimum atomic E-state index is -0.0274. The van der Waals surface area contributed by atoms with Crippen molar-refractivity contribution in [2.75, 3.05) is 0 Å². The fourth-order valence-electron chi connectivity index (χ4n) is 0.856. The van der Waals surface area contributed by atoms with E-state index in [1.807, 2.05) is 6.92 Å². The first kappa shape index (κ1) is 8.43. The summed E-state index contributed by atoms with van der Waals surface area (Å²) in [5.41, 5.74) is 1.56. The molecule has 0 fully saturated rings. The Morgan fingerprint density at radius 3 is 2.91 bits per heavy atom. The van der Waals surface area contributed by atoms with Gasteiger partial charge in [0.05, 0.1) is 12.3 Å². The van der Waals surface area contributed by atoms with Crippen LogP contribution < -0.4 is 0 Å². The Hall–Kier alpha value is -0.670. The smallest absolute Gasteiger partial charge is 0.222 e. The summed E-state index contributed by atoms with van der Waals surface area (Å²) in [6, 6.07) is 0. The van der Waals surface area contributed by atoms with Gasteiger partial charge < -0.3 is 5.11 Å². The lowest BCUT2D eigenvalue weighted by molar-refractivity contribution is 0.279. The lowest BCUT2D eigenvalue weighted by Crippen LogP contribution is -1.98. The molecule has 1 rings (SSSR count). The van der Waals surface area contributed by atoms with Crippen LogP contribution in [0.4, 0.5) is 0 Å². The summed E-state index contributed by atoms with van der Waals surface area (Å²) in [5, 5.41) is 9.05. The molecule has 4 heteroatoms. The second kappa shape index (κ2) is 3.64. The number of aromatic nitrogens is 2. The molecule has 0 aliphatic carbocycles. The second-order valence-electron chi connectivity index (χ2n) is 2.12. The summed E-state index contributed by atoms with van der Waals surface area (Å²) in [4.78, 5) is 7.71. The van der Waals surface area contributed by atoms with Gasteiger partial charge in [-0.3, -0.25) is 0 Å². The van der Waals surface area contributed by atoms with Gasteiger partial charge in [0.2, 0.25) is 5.28 Å². The fraction of sp³-hybridized carbons (Fsp3) is 0.429. The average molecular weight is 173 g/mol. The number of hydrogen-bond acceptors (Lipinski definition) is 3. The van der Waals surface area contributed by atoms with E-state index < -0.39 is 0 Å². The molecule has 60 valence electrons. The molecule has 0 saturated heterocycles. The van der Waals surface area contributed by atoms with Gasteiger partial charge in [-0.05, 0) is 18.0 Å². The van der Waals surface area contributed by atoms with Crippen LogP contribution in [0.25, 0.3) is 0 Å². The third-order valence-corrected chi connectivity index (χ3v) is 1.61. The number of hydrogen-bond donors (Lipinski definition) is 1. The van der Waals surface area contributed by atoms with Crippen molar-refractivity contribution in [2.24, 2.45) is 0 Å². The maximum atomic E-state index is 8.82. The van der Waals surface area contributed by atoms with E-state index in [1.165, 1.54) is 0 Å². The van der Waals surface area contributed by atoms with Crippen LogP contribution in [0.15, 0.2) is 6.20 Å². The molecule has 0 atom stereocenters. The van der Waals surface area contributed by atoms with Crippen LogP contribution in [0.2, 0.25) is 5.28 Å². The van der Waals surface area contributed by atoms with E-state index >= 15 is 0 Å². The van der Waals surface area contributed by atoms with Crippen LogP contribution in [-0.2, 0) is 13.0 Å². The molecule has 1 aromatic rings. The Morgan fingerprint density at radius 2 is 2.36 bits per heavy atom. The van der Waals surface area contributed by atoms with Crippen LogP contribution in [0.3, 0.4) is 0 Å². The number of aliphatic hydroxyl groups is 1. The highest BCUT2D eigenvalue weighted by Crippen LogP contribution is 2.08. The van der Waals surface area contributed by atoms with Crippen LogP contribution >= 0.6 is 11.6 Å². The molecule has 1 N–H and O–H groups in total. The largest absolute Gasteiger partial charge is 0.392 e. The molecule has 0 spiro atoms. The van der Waals surface area contributed by atoms with Gasteiger partial charge in [-0.25, -0.2) is 9.97 Å². The third-order valence-electron chi connectivity index (χ3n) is 1.43. The first-order valence-corrected chi connectivity index (χ1v) is 3.77. The van der Waals surface area contributed by atoms with Gasteiger partial charge in [-0.15, -0.1) is 0 Å². The lowest BCUT2D eigenvalue weighted by Gasteiger charge is -2.01. The van der Waals surface area contributed by atoms with Crippen molar-refractivity contribution in [3.63, 3.8) is 0 Å². The van der Waals surface area contributed by atoms with E-state index in [2.05, 4.69) is 9.97 Å². The maximum Gasteiger partial charge on any atom is 0.222 e. The first-order valence-electron chi connectivity index (χ1n) is 3.39. The van der Waals surface area contributed by atoms with Gasteiger partial charge in [0.1, 0.15) is 0 Å². The quantitative estimate of drug-likeness (QED) is 0.682. The van der Waals surface area contributed by atoms with Gasteiger partial charge >= 0.3 is 0 Å². The van der Waals surface area contributed by atoms with E-state index in [1.54, 1.807) is 6.20 Å². The summed E-state index contributed by atoms with van der Waals surface area (Å²) >= 11 is 5.55. The van der Waals surface area contributed by atoms with Crippen LogP contribution in [-0.4, -0.2) is 15.1 Å². The van der Waals surface area contributed by atoms with Gasteiger partial charge in [0.25, 0.3) is 0 Å². The molecule has 0 radical (unpaired) electrons. The molecule has 0 amide bonds. The number of nitrogens with zero attached hydrogens (tertiary/aromatic N) is 2. The van der Waals surface area contributed by atoms with Gasteiger partial charge in [-0.2, -0.15) is 0 Å². The highest BCUT2D eigenvalue weighted by Gasteiger charge is 2.01. The third kappa shape index (κ3) is 1.88. The molecule has 0 bridgehead atoms. The van der Waals surface area contributed by atoms with Gasteiger partial charge in [0, 0.05) is 11.8 Å². The summed E-state index contributed by atoms with van der Waals surface area (Å²) < 4.78 is 0. The molecular formula is C7H9ClN2O. The van der Waals surface area contributed by atoms with Crippen molar-refractivity contribution in [3.8, 4) is 0 Å². The van der Waals surface area contributed by atoms with E-state index in [9.17, 15) is 0 Å². The summed E-state index contributed by atoms with van der Waals surface area (Å²) in [6.45, 7) is 1.93. The number of aryl methyl sites for hydroxylation is 1. The van der Waals surface area contributed by atoms with Crippen molar-refractivity contribution < 1.29 is 5.11 Å². The highest BCUT2D eigenvalue weighted by atomic mass is 35.5. The molecule has 3 nitrogen and oxygen atoms in total. The van der Waals surface area contributed by atoms with E-state index in [-0.39, 0.29) is 11.9 Å². The zero-order valence-corrected chi connectivity index (χ0v) is 6.97. The molecule has 0 aliphatic heterocycles. The van der Waals surface area contributed by atoms with Crippen LogP contribution in [0.5, 0.6) is 0 Å². The minimum absolute atomic E-state index is 0.0274. The molecule has 0 unspecified atom stereocenters. The molecule has 11 heavy (non-hydrogen) atoms. The topological polar surface area (TPSA) is 46.0 Å². The molecule has 0 saturated carbocycles. The van der Waals surface area contributed by atoms with E-state index in [0.29, 0.717) is 0 Å². The average Bonchev–Trinajstić information content (AvgIpc) is 2.04. The molecule has 0 aliphatic rings. The van der Waals surface area contributed by atoms with Crippen LogP contribution in [0, 0.1) is 0 Å². The molecule has 0 aromatic carbocycles. The zero-order chi connectivity index (χ0) is 8.27. The number of rotatable bonds is 2. The number of halogens is 1. The van der Waals surface area contributed by atoms with E-state index in [0.717, 1.165) is 17.7 Å². The lowest BCUT2D eigenvalue weighted by atomic mass is 10.2. The van der Waals surface area contributed by atoms with Crippen molar-refractivity contribution in [1.29, 1.82) is 0 Å². The summed E-state index contributed by atoms with van der Waals surface area (Å²) in [5.74, 6) is 0. The zero-order valence-electron chi connectivity index (χ0n) is 6.21. The van der Waals surface area contributed by atoms with Crippen molar-refractivity contribution in [2.45, 2.75) is 20.0 Å². The Bertz CT molecular complexity index is 252. The normalized spacial score (nSPS) is 10.1. The monoisotopic (exact) mass is 172 g/mol. The van der Waals surface area contributed by atoms with Gasteiger partial charge in [-0.1, -0.05) is 6.92 Å². The Morgan fingerprint density at radius 1 is 1.64 bits per heavy atom. The predicted molar refractivity (Wildman–Crippen MR) is 42.3 cm³/mol. The Labute approximate surface area is 70.1 Å². The molecule has 1 aromatic heterocycles. The Balaban J connectivity index is 3.06. The maximum absolute atomic E-state index is 8.82. The van der Waals surface area contributed by atoms with Crippen molar-refractivity contribution >= 4 is 11.6 Å². The standard InChI is InChI=1S/C7H9ClN2O/c1-2-6-5(4-11)3-9-7(8)10-6/h3,11H,2,4H2,1H3. The molecule has 1 heterocycles. The molecular weight excluding hydrogens is 164 g/mol. The predicted octanol–water partition coefficient (Wildman–Crippen LogP) is 1.18. The van der Waals surface area contributed by atoms with Crippen LogP contribution in [0.1, 0.15) is 18.2 Å². The Kier molecular flexibility index (Phi) is 2.79. The first-order chi connectivity index (χ1) is 5.27. The second-order valence-corrected chi connectivity index (χ2v) is 2.46. The van der Waals surface area contributed by atoms with Crippen molar-refractivity contribution in [3.05, 3.63) is 22.7 Å². The summed E-state index contributed by atoms with van der Waals surface area (Å²) in [6.07, 6.45) is 2.31. The summed E-state index contributed by atoms with van der Waals surface area (Å²) in [7, 11) is 0. The fourth-order valence-corrected chi connectivity index (χ4v) is 1.01.